The summed E-state index contributed by atoms with van der Waals surface area (Å²) in [6.45, 7) is 0.233. The highest BCUT2D eigenvalue weighted by Crippen LogP contribution is 2.31. The monoisotopic (exact) mass is 367 g/mol. The molecule has 1 aromatic heterocycles. The van der Waals surface area contributed by atoms with Crippen molar-refractivity contribution in [2.75, 3.05) is 13.7 Å². The van der Waals surface area contributed by atoms with Crippen LogP contribution in [0.25, 0.3) is 5.69 Å². The summed E-state index contributed by atoms with van der Waals surface area (Å²) in [4.78, 5) is 25.5. The highest BCUT2D eigenvalue weighted by molar-refractivity contribution is 5.40. The van der Waals surface area contributed by atoms with E-state index in [1.807, 2.05) is 18.2 Å². The molecule has 138 valence electrons. The molecule has 2 heterocycles. The van der Waals surface area contributed by atoms with Gasteiger partial charge in [0, 0.05) is 0 Å². The second kappa shape index (κ2) is 6.99. The van der Waals surface area contributed by atoms with Crippen LogP contribution < -0.4 is 25.5 Å². The van der Waals surface area contributed by atoms with Crippen molar-refractivity contribution < 1.29 is 14.2 Å². The van der Waals surface area contributed by atoms with Crippen molar-refractivity contribution in [3.8, 4) is 23.1 Å². The number of aromatic nitrogens is 3. The van der Waals surface area contributed by atoms with Crippen LogP contribution in [0.2, 0.25) is 0 Å². The second-order valence-electron chi connectivity index (χ2n) is 5.95. The van der Waals surface area contributed by atoms with Crippen molar-refractivity contribution in [1.29, 1.82) is 0 Å². The Balaban J connectivity index is 1.73. The molecule has 0 saturated carbocycles. The van der Waals surface area contributed by atoms with E-state index >= 15 is 0 Å². The van der Waals surface area contributed by atoms with E-state index in [1.54, 1.807) is 36.4 Å². The number of hydrogen-bond acceptors (Lipinski definition) is 6. The Labute approximate surface area is 154 Å². The molecular weight excluding hydrogens is 350 g/mol. The molecule has 0 bridgehead atoms. The molecule has 8 heteroatoms. The Morgan fingerprint density at radius 2 is 1.78 bits per heavy atom. The summed E-state index contributed by atoms with van der Waals surface area (Å²) in [7, 11) is 1.34. The molecule has 2 aromatic carbocycles. The summed E-state index contributed by atoms with van der Waals surface area (Å²) < 4.78 is 18.8. The minimum atomic E-state index is -0.614. The molecule has 0 aliphatic carbocycles. The van der Waals surface area contributed by atoms with Crippen LogP contribution in [0.4, 0.5) is 0 Å². The van der Waals surface area contributed by atoms with Crippen molar-refractivity contribution in [3.05, 3.63) is 75.4 Å². The lowest BCUT2D eigenvalue weighted by atomic mass is 10.2. The number of para-hydroxylation sites is 3. The molecule has 4 rings (SSSR count). The summed E-state index contributed by atoms with van der Waals surface area (Å²) in [6, 6.07) is 16.1. The molecule has 8 nitrogen and oxygen atoms in total. The number of ether oxygens (including phenoxy) is 3. The topological polar surface area (TPSA) is 84.6 Å². The first kappa shape index (κ1) is 16.9. The first-order valence-corrected chi connectivity index (χ1v) is 8.39. The van der Waals surface area contributed by atoms with E-state index in [0.29, 0.717) is 17.2 Å². The molecule has 0 fully saturated rings. The van der Waals surface area contributed by atoms with E-state index in [0.717, 1.165) is 9.25 Å². The van der Waals surface area contributed by atoms with Gasteiger partial charge in [-0.2, -0.15) is 4.68 Å². The molecule has 1 aliphatic heterocycles. The average Bonchev–Trinajstić information content (AvgIpc) is 2.72. The third-order valence-electron chi connectivity index (χ3n) is 4.18. The Morgan fingerprint density at radius 1 is 1.07 bits per heavy atom. The van der Waals surface area contributed by atoms with E-state index < -0.39 is 17.4 Å². The van der Waals surface area contributed by atoms with Crippen molar-refractivity contribution in [1.82, 2.24) is 14.3 Å². The average molecular weight is 367 g/mol. The van der Waals surface area contributed by atoms with Gasteiger partial charge in [-0.15, -0.1) is 5.10 Å². The zero-order valence-corrected chi connectivity index (χ0v) is 14.6. The molecule has 0 spiro atoms. The van der Waals surface area contributed by atoms with Gasteiger partial charge in [0.05, 0.1) is 19.3 Å². The molecule has 27 heavy (non-hydrogen) atoms. The van der Waals surface area contributed by atoms with E-state index in [1.165, 1.54) is 7.11 Å². The summed E-state index contributed by atoms with van der Waals surface area (Å²) in [5.41, 5.74) is -0.660. The molecule has 1 aliphatic rings. The van der Waals surface area contributed by atoms with Gasteiger partial charge in [0.25, 0.3) is 5.88 Å². The van der Waals surface area contributed by atoms with E-state index in [4.69, 9.17) is 14.2 Å². The molecule has 0 saturated heterocycles. The van der Waals surface area contributed by atoms with Crippen LogP contribution in [-0.4, -0.2) is 34.2 Å². The van der Waals surface area contributed by atoms with Crippen LogP contribution in [0.5, 0.6) is 17.4 Å². The largest absolute Gasteiger partial charge is 0.486 e. The lowest BCUT2D eigenvalue weighted by Gasteiger charge is -2.26. The third-order valence-corrected chi connectivity index (χ3v) is 4.18. The fourth-order valence-corrected chi connectivity index (χ4v) is 2.88. The van der Waals surface area contributed by atoms with Crippen LogP contribution >= 0.6 is 0 Å². The van der Waals surface area contributed by atoms with E-state index in [-0.39, 0.29) is 19.0 Å². The molecule has 1 atom stereocenters. The van der Waals surface area contributed by atoms with Crippen LogP contribution in [0.1, 0.15) is 0 Å². The van der Waals surface area contributed by atoms with Gasteiger partial charge in [-0.1, -0.05) is 30.3 Å². The molecule has 0 radical (unpaired) electrons. The van der Waals surface area contributed by atoms with Gasteiger partial charge in [0.1, 0.15) is 6.61 Å². The molecule has 3 aromatic rings. The lowest BCUT2D eigenvalue weighted by Crippen LogP contribution is -2.46. The predicted molar refractivity (Wildman–Crippen MR) is 97.0 cm³/mol. The highest BCUT2D eigenvalue weighted by Gasteiger charge is 2.24. The fraction of sp³-hybridized carbons (Fsp3) is 0.211. The van der Waals surface area contributed by atoms with E-state index in [2.05, 4.69) is 5.10 Å². The normalized spacial score (nSPS) is 15.4. The third kappa shape index (κ3) is 3.17. The maximum absolute atomic E-state index is 12.9. The smallest absolute Gasteiger partial charge is 0.352 e. The van der Waals surface area contributed by atoms with Crippen LogP contribution in [0.15, 0.2) is 64.2 Å². The first-order chi connectivity index (χ1) is 13.2. The van der Waals surface area contributed by atoms with Gasteiger partial charge >= 0.3 is 11.2 Å². The van der Waals surface area contributed by atoms with Crippen LogP contribution in [0, 0.1) is 0 Å². The van der Waals surface area contributed by atoms with Gasteiger partial charge in [-0.05, 0) is 24.3 Å². The van der Waals surface area contributed by atoms with Gasteiger partial charge in [-0.25, -0.2) is 4.79 Å². The van der Waals surface area contributed by atoms with Crippen molar-refractivity contribution in [2.45, 2.75) is 12.6 Å². The molecule has 0 amide bonds. The number of hydrogen-bond donors (Lipinski definition) is 0. The zero-order valence-electron chi connectivity index (χ0n) is 14.6. The standard InChI is InChI=1S/C19H17N3O5/c1-25-17-18(23)21(19(24)22(20-17)13-7-3-2-4-8-13)11-14-12-26-15-9-5-6-10-16(15)27-14/h2-10,14H,11-12H2,1H3. The van der Waals surface area contributed by atoms with Gasteiger partial charge in [0.2, 0.25) is 0 Å². The number of fused-ring (bicyclic) bond motifs is 1. The minimum absolute atomic E-state index is 0.0116. The predicted octanol–water partition coefficient (Wildman–Crippen LogP) is 1.24. The quantitative estimate of drug-likeness (QED) is 0.690. The lowest BCUT2D eigenvalue weighted by molar-refractivity contribution is 0.0761. The van der Waals surface area contributed by atoms with Crippen molar-refractivity contribution in [3.63, 3.8) is 0 Å². The second-order valence-corrected chi connectivity index (χ2v) is 5.95. The Hall–Kier alpha value is -3.55. The fourth-order valence-electron chi connectivity index (χ4n) is 2.88. The minimum Gasteiger partial charge on any atom is -0.486 e. The maximum atomic E-state index is 12.9. The summed E-state index contributed by atoms with van der Waals surface area (Å²) >= 11 is 0. The Kier molecular flexibility index (Phi) is 4.37. The van der Waals surface area contributed by atoms with Gasteiger partial charge in [0.15, 0.2) is 17.6 Å². The van der Waals surface area contributed by atoms with Crippen LogP contribution in [0.3, 0.4) is 0 Å². The maximum Gasteiger partial charge on any atom is 0.352 e. The Morgan fingerprint density at radius 3 is 2.52 bits per heavy atom. The number of rotatable bonds is 4. The van der Waals surface area contributed by atoms with Crippen molar-refractivity contribution in [2.24, 2.45) is 0 Å². The highest BCUT2D eigenvalue weighted by atomic mass is 16.6. The number of nitrogens with zero attached hydrogens (tertiary/aromatic N) is 3. The number of methoxy groups -OCH3 is 1. The summed E-state index contributed by atoms with van der Waals surface area (Å²) in [6.07, 6.45) is -0.498. The van der Waals surface area contributed by atoms with E-state index in [9.17, 15) is 9.59 Å². The molecule has 1 unspecified atom stereocenters. The molecule has 0 N–H and O–H groups in total. The van der Waals surface area contributed by atoms with Gasteiger partial charge < -0.3 is 14.2 Å². The van der Waals surface area contributed by atoms with Gasteiger partial charge in [-0.3, -0.25) is 9.36 Å². The zero-order chi connectivity index (χ0) is 18.8. The SMILES string of the molecule is COc1nn(-c2ccccc2)c(=O)n(CC2COc3ccccc3O2)c1=O. The summed E-state index contributed by atoms with van der Waals surface area (Å²) in [5, 5.41) is 4.03. The van der Waals surface area contributed by atoms with Crippen LogP contribution in [-0.2, 0) is 6.54 Å². The first-order valence-electron chi connectivity index (χ1n) is 8.39. The molecular formula is C19H17N3O5. The number of benzene rings is 2. The van der Waals surface area contributed by atoms with Crippen molar-refractivity contribution >= 4 is 0 Å². The summed E-state index contributed by atoms with van der Waals surface area (Å²) in [5.74, 6) is 1.04. The Bertz CT molecular complexity index is 1070.